The summed E-state index contributed by atoms with van der Waals surface area (Å²) < 4.78 is 0. The molecule has 2 N–H and O–H groups in total. The second-order valence-corrected chi connectivity index (χ2v) is 15.6. The highest BCUT2D eigenvalue weighted by atomic mass is 16.2. The minimum atomic E-state index is -0.621. The third-order valence-corrected chi connectivity index (χ3v) is 12.3. The molecule has 0 unspecified atom stereocenters. The summed E-state index contributed by atoms with van der Waals surface area (Å²) in [6, 6.07) is 14.3. The van der Waals surface area contributed by atoms with E-state index in [9.17, 15) is 14.4 Å². The van der Waals surface area contributed by atoms with Gasteiger partial charge in [0, 0.05) is 89.6 Å². The Kier molecular flexibility index (Phi) is 11.5. The lowest BCUT2D eigenvalue weighted by atomic mass is 9.95. The Morgan fingerprint density at radius 1 is 0.784 bits per heavy atom. The van der Waals surface area contributed by atoms with Crippen LogP contribution in [0.25, 0.3) is 0 Å². The molecule has 10 heteroatoms. The average molecular weight is 698 g/mol. The van der Waals surface area contributed by atoms with Crippen LogP contribution in [0.3, 0.4) is 0 Å². The number of urea groups is 2. The van der Waals surface area contributed by atoms with E-state index in [4.69, 9.17) is 0 Å². The molecule has 2 aromatic rings. The number of nitrogens with zero attached hydrogens (tertiary/aromatic N) is 5. The number of carbonyl (C=O) groups excluding carboxylic acids is 3. The molecule has 4 heterocycles. The second-order valence-electron chi connectivity index (χ2n) is 15.6. The first kappa shape index (κ1) is 35.8. The lowest BCUT2D eigenvalue weighted by molar-refractivity contribution is -0.135. The van der Waals surface area contributed by atoms with Crippen LogP contribution in [0.2, 0.25) is 0 Å². The summed E-state index contributed by atoms with van der Waals surface area (Å²) in [5.74, 6) is 0.972. The maximum Gasteiger partial charge on any atom is 0.322 e. The SMILES string of the molecule is CCc1ccc(C[C@@H](NC(=O)N2CCC(N3CCc4ccccc4NC3=O)CC2)C(=O)N2CCC(N3CCN(CC4CC4)CC3)CC2)cc1CC. The highest BCUT2D eigenvalue weighted by molar-refractivity contribution is 5.91. The van der Waals surface area contributed by atoms with E-state index in [0.717, 1.165) is 107 Å². The van der Waals surface area contributed by atoms with Crippen molar-refractivity contribution in [3.8, 4) is 0 Å². The van der Waals surface area contributed by atoms with Crippen LogP contribution in [0, 0.1) is 5.92 Å². The van der Waals surface area contributed by atoms with Crippen molar-refractivity contribution in [3.05, 3.63) is 64.7 Å². The van der Waals surface area contributed by atoms with Crippen molar-refractivity contribution in [2.45, 2.75) is 96.2 Å². The zero-order chi connectivity index (χ0) is 35.3. The number of anilines is 1. The van der Waals surface area contributed by atoms with Crippen LogP contribution in [-0.4, -0.2) is 126 Å². The molecule has 0 spiro atoms. The lowest BCUT2D eigenvalue weighted by Crippen LogP contribution is -2.58. The summed E-state index contributed by atoms with van der Waals surface area (Å²) in [6.07, 6.45) is 9.45. The Morgan fingerprint density at radius 3 is 2.18 bits per heavy atom. The van der Waals surface area contributed by atoms with Crippen molar-refractivity contribution >= 4 is 23.7 Å². The van der Waals surface area contributed by atoms with Crippen LogP contribution < -0.4 is 10.6 Å². The minimum Gasteiger partial charge on any atom is -0.341 e. The largest absolute Gasteiger partial charge is 0.341 e. The minimum absolute atomic E-state index is 0.0318. The van der Waals surface area contributed by atoms with E-state index in [1.807, 2.05) is 32.9 Å². The summed E-state index contributed by atoms with van der Waals surface area (Å²) in [7, 11) is 0. The maximum atomic E-state index is 14.3. The molecule has 4 aliphatic heterocycles. The van der Waals surface area contributed by atoms with E-state index >= 15 is 0 Å². The van der Waals surface area contributed by atoms with E-state index in [2.05, 4.69) is 58.5 Å². The summed E-state index contributed by atoms with van der Waals surface area (Å²) in [6.45, 7) is 13.5. The zero-order valence-electron chi connectivity index (χ0n) is 31.0. The van der Waals surface area contributed by atoms with Crippen molar-refractivity contribution in [2.75, 3.05) is 70.8 Å². The average Bonchev–Trinajstić information content (AvgIpc) is 4.01. The Morgan fingerprint density at radius 2 is 1.47 bits per heavy atom. The molecule has 5 amide bonds. The molecule has 2 aromatic carbocycles. The number of aryl methyl sites for hydroxylation is 2. The molecular weight excluding hydrogens is 638 g/mol. The fourth-order valence-electron chi connectivity index (χ4n) is 8.92. The van der Waals surface area contributed by atoms with Gasteiger partial charge in [-0.1, -0.05) is 50.2 Å². The molecule has 5 aliphatic rings. The number of amides is 5. The van der Waals surface area contributed by atoms with Gasteiger partial charge in [0.05, 0.1) is 0 Å². The summed E-state index contributed by atoms with van der Waals surface area (Å²) in [5.41, 5.74) is 5.79. The number of benzene rings is 2. The van der Waals surface area contributed by atoms with E-state index in [0.29, 0.717) is 32.1 Å². The second kappa shape index (κ2) is 16.4. The number of hydrogen-bond acceptors (Lipinski definition) is 5. The normalized spacial score (nSPS) is 21.9. The molecular formula is C41H59N7O3. The zero-order valence-corrected chi connectivity index (χ0v) is 31.0. The number of nitrogens with one attached hydrogen (secondary N) is 2. The fraction of sp³-hybridized carbons (Fsp3) is 0.634. The third kappa shape index (κ3) is 8.71. The fourth-order valence-corrected chi connectivity index (χ4v) is 8.92. The molecule has 3 saturated heterocycles. The van der Waals surface area contributed by atoms with Gasteiger partial charge < -0.3 is 30.2 Å². The number of piperazine rings is 1. The predicted molar refractivity (Wildman–Crippen MR) is 202 cm³/mol. The monoisotopic (exact) mass is 697 g/mol. The van der Waals surface area contributed by atoms with Gasteiger partial charge in [-0.05, 0) is 92.0 Å². The molecule has 51 heavy (non-hydrogen) atoms. The number of likely N-dealkylation sites (tertiary alicyclic amines) is 2. The van der Waals surface area contributed by atoms with Crippen LogP contribution in [0.4, 0.5) is 15.3 Å². The highest BCUT2D eigenvalue weighted by Crippen LogP contribution is 2.30. The quantitative estimate of drug-likeness (QED) is 0.365. The van der Waals surface area contributed by atoms with Gasteiger partial charge in [0.1, 0.15) is 6.04 Å². The number of para-hydroxylation sites is 1. The molecule has 1 saturated carbocycles. The molecule has 0 bridgehead atoms. The summed E-state index contributed by atoms with van der Waals surface area (Å²) in [5, 5.41) is 6.30. The van der Waals surface area contributed by atoms with Crippen LogP contribution in [0.15, 0.2) is 42.5 Å². The molecule has 1 aliphatic carbocycles. The van der Waals surface area contributed by atoms with E-state index in [1.54, 1.807) is 0 Å². The molecule has 0 aromatic heterocycles. The standard InChI is InChI=1S/C41H59N7O3/c1-3-32-12-11-31(27-33(32)4-2)28-38(39(49)46-18-14-35(15-19-46)45-25-23-44(24-26-45)29-30-9-10-30)43-40(50)47-20-16-36(17-21-47)48-22-13-34-7-5-6-8-37(34)42-41(48)51/h5-8,11-12,27,30,35-36,38H,3-4,9-10,13-26,28-29H2,1-2H3,(H,42,51)(H,43,50)/t38-/m1/s1. The summed E-state index contributed by atoms with van der Waals surface area (Å²) in [4.78, 5) is 52.4. The molecule has 1 atom stereocenters. The first-order valence-corrected chi connectivity index (χ1v) is 19.9. The highest BCUT2D eigenvalue weighted by Gasteiger charge is 2.36. The number of carbonyl (C=O) groups is 3. The van der Waals surface area contributed by atoms with Gasteiger partial charge in [0.2, 0.25) is 5.91 Å². The Balaban J connectivity index is 0.960. The van der Waals surface area contributed by atoms with E-state index in [1.165, 1.54) is 30.5 Å². The van der Waals surface area contributed by atoms with Crippen molar-refractivity contribution in [3.63, 3.8) is 0 Å². The molecule has 276 valence electrons. The lowest BCUT2D eigenvalue weighted by Gasteiger charge is -2.43. The van der Waals surface area contributed by atoms with Gasteiger partial charge in [-0.25, -0.2) is 9.59 Å². The summed E-state index contributed by atoms with van der Waals surface area (Å²) >= 11 is 0. The van der Waals surface area contributed by atoms with Gasteiger partial charge in [0.15, 0.2) is 0 Å². The first-order valence-electron chi connectivity index (χ1n) is 19.9. The molecule has 7 rings (SSSR count). The van der Waals surface area contributed by atoms with Crippen molar-refractivity contribution < 1.29 is 14.4 Å². The Hall–Kier alpha value is -3.63. The van der Waals surface area contributed by atoms with E-state index in [-0.39, 0.29) is 24.0 Å². The van der Waals surface area contributed by atoms with Crippen LogP contribution in [-0.2, 0) is 30.5 Å². The number of rotatable bonds is 10. The van der Waals surface area contributed by atoms with Gasteiger partial charge in [-0.2, -0.15) is 0 Å². The number of piperidine rings is 2. The van der Waals surface area contributed by atoms with Gasteiger partial charge in [0.25, 0.3) is 0 Å². The smallest absolute Gasteiger partial charge is 0.322 e. The van der Waals surface area contributed by atoms with Gasteiger partial charge in [-0.3, -0.25) is 9.69 Å². The van der Waals surface area contributed by atoms with Crippen LogP contribution in [0.5, 0.6) is 0 Å². The molecule has 4 fully saturated rings. The van der Waals surface area contributed by atoms with Gasteiger partial charge in [-0.15, -0.1) is 0 Å². The van der Waals surface area contributed by atoms with Crippen LogP contribution in [0.1, 0.15) is 74.6 Å². The number of hydrogen-bond donors (Lipinski definition) is 2. The first-order chi connectivity index (χ1) is 24.9. The van der Waals surface area contributed by atoms with Crippen molar-refractivity contribution in [1.82, 2.24) is 29.8 Å². The van der Waals surface area contributed by atoms with Crippen molar-refractivity contribution in [2.24, 2.45) is 5.92 Å². The maximum absolute atomic E-state index is 14.3. The number of fused-ring (bicyclic) bond motifs is 1. The van der Waals surface area contributed by atoms with E-state index < -0.39 is 6.04 Å². The molecule has 0 radical (unpaired) electrons. The van der Waals surface area contributed by atoms with Crippen LogP contribution >= 0.6 is 0 Å². The molecule has 10 nitrogen and oxygen atoms in total. The topological polar surface area (TPSA) is 91.5 Å². The Labute approximate surface area is 304 Å². The third-order valence-electron chi connectivity index (χ3n) is 12.3. The Bertz CT molecular complexity index is 1520. The predicted octanol–water partition coefficient (Wildman–Crippen LogP) is 5.01. The van der Waals surface area contributed by atoms with Gasteiger partial charge >= 0.3 is 12.1 Å². The van der Waals surface area contributed by atoms with Crippen molar-refractivity contribution in [1.29, 1.82) is 0 Å².